The lowest BCUT2D eigenvalue weighted by molar-refractivity contribution is 0.144. The minimum atomic E-state index is -0.170. The number of aliphatic hydroxyl groups excluding tert-OH is 2. The van der Waals surface area contributed by atoms with Crippen molar-refractivity contribution in [2.75, 3.05) is 13.2 Å². The third-order valence-electron chi connectivity index (χ3n) is 6.68. The van der Waals surface area contributed by atoms with E-state index in [1.54, 1.807) is 0 Å². The van der Waals surface area contributed by atoms with Crippen LogP contribution in [0.15, 0.2) is 97.1 Å². The van der Waals surface area contributed by atoms with E-state index in [9.17, 15) is 10.2 Å². The number of aliphatic hydroxyl groups is 2. The number of ether oxygens (including phenoxy) is 2. The highest BCUT2D eigenvalue weighted by atomic mass is 16.5. The van der Waals surface area contributed by atoms with Gasteiger partial charge in [0.2, 0.25) is 0 Å². The first-order valence-electron chi connectivity index (χ1n) is 13.0. The minimum Gasteiger partial charge on any atom is -0.488 e. The van der Waals surface area contributed by atoms with Crippen molar-refractivity contribution < 1.29 is 19.7 Å². The molecule has 4 rings (SSSR count). The fourth-order valence-corrected chi connectivity index (χ4v) is 4.61. The van der Waals surface area contributed by atoms with Crippen molar-refractivity contribution in [1.82, 2.24) is 0 Å². The Morgan fingerprint density at radius 1 is 0.649 bits per heavy atom. The highest BCUT2D eigenvalue weighted by Crippen LogP contribution is 2.42. The first-order valence-corrected chi connectivity index (χ1v) is 13.0. The number of hydrogen-bond donors (Lipinski definition) is 2. The monoisotopic (exact) mass is 496 g/mol. The SMILES string of the molecule is CCc1c(OCc2ccccc2)cc(OCc2ccccc2)c(-c2ccccc2)c1CCC(CO)CO. The van der Waals surface area contributed by atoms with Gasteiger partial charge in [0.05, 0.1) is 0 Å². The van der Waals surface area contributed by atoms with Crippen molar-refractivity contribution in [3.63, 3.8) is 0 Å². The van der Waals surface area contributed by atoms with Gasteiger partial charge in [-0.1, -0.05) is 97.9 Å². The normalized spacial score (nSPS) is 11.0. The van der Waals surface area contributed by atoms with E-state index in [-0.39, 0.29) is 19.1 Å². The van der Waals surface area contributed by atoms with Crippen molar-refractivity contribution in [2.24, 2.45) is 5.92 Å². The Bertz CT molecular complexity index is 1220. The molecule has 0 radical (unpaired) electrons. The van der Waals surface area contributed by atoms with E-state index in [4.69, 9.17) is 9.47 Å². The third-order valence-corrected chi connectivity index (χ3v) is 6.68. The fraction of sp³-hybridized carbons (Fsp3) is 0.273. The van der Waals surface area contributed by atoms with Crippen molar-refractivity contribution in [3.05, 3.63) is 119 Å². The van der Waals surface area contributed by atoms with Gasteiger partial charge in [0.25, 0.3) is 0 Å². The molecule has 0 amide bonds. The highest BCUT2D eigenvalue weighted by molar-refractivity contribution is 5.77. The quantitative estimate of drug-likeness (QED) is 0.219. The van der Waals surface area contributed by atoms with Crippen LogP contribution >= 0.6 is 0 Å². The molecular formula is C33H36O4. The molecule has 0 fully saturated rings. The summed E-state index contributed by atoms with van der Waals surface area (Å²) in [6.45, 7) is 2.97. The van der Waals surface area contributed by atoms with Gasteiger partial charge in [0.15, 0.2) is 0 Å². The van der Waals surface area contributed by atoms with Crippen molar-refractivity contribution in [2.45, 2.75) is 39.4 Å². The molecule has 192 valence electrons. The van der Waals surface area contributed by atoms with Gasteiger partial charge in [-0.2, -0.15) is 0 Å². The van der Waals surface area contributed by atoms with Gasteiger partial charge in [0, 0.05) is 30.8 Å². The van der Waals surface area contributed by atoms with E-state index in [0.29, 0.717) is 26.1 Å². The first kappa shape index (κ1) is 26.5. The van der Waals surface area contributed by atoms with Crippen LogP contribution in [-0.2, 0) is 26.1 Å². The second kappa shape index (κ2) is 13.6. The Morgan fingerprint density at radius 3 is 1.68 bits per heavy atom. The molecule has 4 nitrogen and oxygen atoms in total. The van der Waals surface area contributed by atoms with E-state index in [0.717, 1.165) is 51.3 Å². The first-order chi connectivity index (χ1) is 18.2. The molecule has 0 unspecified atom stereocenters. The summed E-state index contributed by atoms with van der Waals surface area (Å²) >= 11 is 0. The van der Waals surface area contributed by atoms with Gasteiger partial charge in [-0.25, -0.2) is 0 Å². The lowest BCUT2D eigenvalue weighted by Crippen LogP contribution is -2.13. The molecule has 0 aliphatic carbocycles. The summed E-state index contributed by atoms with van der Waals surface area (Å²) < 4.78 is 12.9. The van der Waals surface area contributed by atoms with Crippen LogP contribution in [0.3, 0.4) is 0 Å². The predicted octanol–water partition coefficient (Wildman–Crippen LogP) is 6.61. The van der Waals surface area contributed by atoms with Crippen LogP contribution in [0.2, 0.25) is 0 Å². The molecule has 0 spiro atoms. The molecule has 37 heavy (non-hydrogen) atoms. The molecule has 0 saturated heterocycles. The zero-order chi connectivity index (χ0) is 25.9. The summed E-state index contributed by atoms with van der Waals surface area (Å²) in [6, 6.07) is 32.6. The lowest BCUT2D eigenvalue weighted by Gasteiger charge is -2.24. The Morgan fingerprint density at radius 2 is 1.16 bits per heavy atom. The van der Waals surface area contributed by atoms with Crippen LogP contribution < -0.4 is 9.47 Å². The van der Waals surface area contributed by atoms with Crippen LogP contribution in [-0.4, -0.2) is 23.4 Å². The molecular weight excluding hydrogens is 460 g/mol. The van der Waals surface area contributed by atoms with Crippen molar-refractivity contribution in [1.29, 1.82) is 0 Å². The molecule has 4 aromatic carbocycles. The Labute approximate surface area is 220 Å². The molecule has 0 atom stereocenters. The second-order valence-electron chi connectivity index (χ2n) is 9.24. The van der Waals surface area contributed by atoms with Gasteiger partial charge in [-0.05, 0) is 47.1 Å². The van der Waals surface area contributed by atoms with E-state index >= 15 is 0 Å². The average Bonchev–Trinajstić information content (AvgIpc) is 2.96. The topological polar surface area (TPSA) is 58.9 Å². The Balaban J connectivity index is 1.80. The van der Waals surface area contributed by atoms with E-state index in [1.165, 1.54) is 0 Å². The van der Waals surface area contributed by atoms with Crippen LogP contribution in [0.4, 0.5) is 0 Å². The standard InChI is InChI=1S/C33H36O4/c1-2-29-30(19-18-27(21-34)22-35)33(28-16-10-5-11-17-28)32(37-24-26-14-8-4-9-15-26)20-31(29)36-23-25-12-6-3-7-13-25/h3-17,20,27,34-35H,2,18-19,21-24H2,1H3. The van der Waals surface area contributed by atoms with Gasteiger partial charge in [-0.15, -0.1) is 0 Å². The van der Waals surface area contributed by atoms with Crippen LogP contribution in [0.25, 0.3) is 11.1 Å². The number of rotatable bonds is 13. The molecule has 0 heterocycles. The zero-order valence-electron chi connectivity index (χ0n) is 21.5. The van der Waals surface area contributed by atoms with E-state index in [1.807, 2.05) is 60.7 Å². The molecule has 4 aromatic rings. The van der Waals surface area contributed by atoms with Gasteiger partial charge >= 0.3 is 0 Å². The summed E-state index contributed by atoms with van der Waals surface area (Å²) in [5, 5.41) is 19.5. The molecule has 0 aliphatic heterocycles. The molecule has 0 bridgehead atoms. The second-order valence-corrected chi connectivity index (χ2v) is 9.24. The van der Waals surface area contributed by atoms with Gasteiger partial charge in [-0.3, -0.25) is 0 Å². The van der Waals surface area contributed by atoms with Crippen LogP contribution in [0.1, 0.15) is 35.6 Å². The Kier molecular flexibility index (Phi) is 9.75. The van der Waals surface area contributed by atoms with Gasteiger partial charge in [0.1, 0.15) is 24.7 Å². The van der Waals surface area contributed by atoms with Crippen molar-refractivity contribution >= 4 is 0 Å². The van der Waals surface area contributed by atoms with Crippen LogP contribution in [0.5, 0.6) is 11.5 Å². The molecule has 0 saturated carbocycles. The van der Waals surface area contributed by atoms with Gasteiger partial charge < -0.3 is 19.7 Å². The summed E-state index contributed by atoms with van der Waals surface area (Å²) in [7, 11) is 0. The maximum Gasteiger partial charge on any atom is 0.131 e. The molecule has 0 aromatic heterocycles. The summed E-state index contributed by atoms with van der Waals surface area (Å²) in [6.07, 6.45) is 2.16. The molecule has 2 N–H and O–H groups in total. The van der Waals surface area contributed by atoms with E-state index in [2.05, 4.69) is 43.3 Å². The predicted molar refractivity (Wildman–Crippen MR) is 149 cm³/mol. The summed E-state index contributed by atoms with van der Waals surface area (Å²) in [5.41, 5.74) is 6.61. The number of benzene rings is 4. The van der Waals surface area contributed by atoms with Crippen LogP contribution in [0, 0.1) is 5.92 Å². The largest absolute Gasteiger partial charge is 0.488 e. The molecule has 4 heteroatoms. The highest BCUT2D eigenvalue weighted by Gasteiger charge is 2.22. The fourth-order valence-electron chi connectivity index (χ4n) is 4.61. The smallest absolute Gasteiger partial charge is 0.131 e. The lowest BCUT2D eigenvalue weighted by atomic mass is 9.88. The number of hydrogen-bond acceptors (Lipinski definition) is 4. The summed E-state index contributed by atoms with van der Waals surface area (Å²) in [5.74, 6) is 1.42. The maximum absolute atomic E-state index is 9.74. The average molecular weight is 497 g/mol. The van der Waals surface area contributed by atoms with E-state index < -0.39 is 0 Å². The minimum absolute atomic E-state index is 0.0415. The third kappa shape index (κ3) is 7.00. The maximum atomic E-state index is 9.74. The summed E-state index contributed by atoms with van der Waals surface area (Å²) in [4.78, 5) is 0. The van der Waals surface area contributed by atoms with Crippen molar-refractivity contribution in [3.8, 4) is 22.6 Å². The Hall–Kier alpha value is -3.60. The zero-order valence-corrected chi connectivity index (χ0v) is 21.5. The molecule has 0 aliphatic rings.